The van der Waals surface area contributed by atoms with Gasteiger partial charge in [-0.1, -0.05) is 25.5 Å². The Morgan fingerprint density at radius 1 is 1.64 bits per heavy atom. The third-order valence-electron chi connectivity index (χ3n) is 2.33. The Bertz CT molecular complexity index is 168. The lowest BCUT2D eigenvalue weighted by molar-refractivity contribution is 0.185. The molecular weight excluding hydrogens is 136 g/mol. The van der Waals surface area contributed by atoms with Gasteiger partial charge in [0.2, 0.25) is 0 Å². The number of aliphatic hydroxyl groups is 1. The fourth-order valence-corrected chi connectivity index (χ4v) is 2.17. The molecule has 0 saturated heterocycles. The van der Waals surface area contributed by atoms with Crippen molar-refractivity contribution in [2.75, 3.05) is 6.61 Å². The molecular formula is C10H18O. The highest BCUT2D eigenvalue weighted by atomic mass is 16.3. The van der Waals surface area contributed by atoms with Crippen molar-refractivity contribution < 1.29 is 5.11 Å². The van der Waals surface area contributed by atoms with E-state index in [-0.39, 0.29) is 0 Å². The van der Waals surface area contributed by atoms with E-state index < -0.39 is 0 Å². The smallest absolute Gasteiger partial charge is 0.0494 e. The van der Waals surface area contributed by atoms with Gasteiger partial charge in [0.05, 0.1) is 0 Å². The summed E-state index contributed by atoms with van der Waals surface area (Å²) in [7, 11) is 0. The number of hydrogen-bond acceptors (Lipinski definition) is 1. The van der Waals surface area contributed by atoms with E-state index in [1.807, 2.05) is 0 Å². The summed E-state index contributed by atoms with van der Waals surface area (Å²) >= 11 is 0. The monoisotopic (exact) mass is 154 g/mol. The van der Waals surface area contributed by atoms with Gasteiger partial charge in [0.25, 0.3) is 0 Å². The predicted molar refractivity (Wildman–Crippen MR) is 47.3 cm³/mol. The third-order valence-corrected chi connectivity index (χ3v) is 2.33. The number of aliphatic hydroxyl groups excluding tert-OH is 1. The van der Waals surface area contributed by atoms with Gasteiger partial charge in [-0.15, -0.1) is 0 Å². The van der Waals surface area contributed by atoms with E-state index in [9.17, 15) is 0 Å². The Hall–Kier alpha value is -0.300. The molecule has 1 unspecified atom stereocenters. The van der Waals surface area contributed by atoms with Crippen LogP contribution in [-0.2, 0) is 0 Å². The molecule has 11 heavy (non-hydrogen) atoms. The van der Waals surface area contributed by atoms with Gasteiger partial charge in [0.15, 0.2) is 0 Å². The second-order valence-corrected chi connectivity index (χ2v) is 4.50. The van der Waals surface area contributed by atoms with Gasteiger partial charge < -0.3 is 5.11 Å². The molecule has 0 saturated carbocycles. The first-order valence-corrected chi connectivity index (χ1v) is 4.32. The first-order chi connectivity index (χ1) is 5.03. The molecule has 1 nitrogen and oxygen atoms in total. The largest absolute Gasteiger partial charge is 0.396 e. The Morgan fingerprint density at radius 2 is 2.27 bits per heavy atom. The zero-order valence-electron chi connectivity index (χ0n) is 7.72. The summed E-state index contributed by atoms with van der Waals surface area (Å²) in [6.45, 7) is 7.00. The molecule has 0 spiro atoms. The Labute approximate surface area is 69.1 Å². The molecule has 0 bridgehead atoms. The van der Waals surface area contributed by atoms with Crippen LogP contribution in [0, 0.1) is 11.3 Å². The second-order valence-electron chi connectivity index (χ2n) is 4.50. The van der Waals surface area contributed by atoms with Crippen LogP contribution in [0.5, 0.6) is 0 Å². The van der Waals surface area contributed by atoms with Gasteiger partial charge in [-0.25, -0.2) is 0 Å². The average molecular weight is 154 g/mol. The summed E-state index contributed by atoms with van der Waals surface area (Å²) in [5.41, 5.74) is 1.83. The number of rotatable bonds is 1. The van der Waals surface area contributed by atoms with Crippen LogP contribution in [0.1, 0.15) is 33.6 Å². The molecule has 1 aliphatic rings. The SMILES string of the molecule is CC1=CC(CO)CC(C)(C)C1. The number of allylic oxidation sites excluding steroid dienone is 1. The summed E-state index contributed by atoms with van der Waals surface area (Å²) < 4.78 is 0. The van der Waals surface area contributed by atoms with Crippen molar-refractivity contribution in [1.29, 1.82) is 0 Å². The molecule has 1 aliphatic carbocycles. The molecule has 0 radical (unpaired) electrons. The molecule has 0 fully saturated rings. The van der Waals surface area contributed by atoms with E-state index in [0.29, 0.717) is 17.9 Å². The van der Waals surface area contributed by atoms with Crippen molar-refractivity contribution in [2.24, 2.45) is 11.3 Å². The molecule has 0 aromatic heterocycles. The van der Waals surface area contributed by atoms with E-state index in [4.69, 9.17) is 5.11 Å². The minimum Gasteiger partial charge on any atom is -0.396 e. The van der Waals surface area contributed by atoms with E-state index in [1.54, 1.807) is 0 Å². The normalized spacial score (nSPS) is 29.8. The van der Waals surface area contributed by atoms with Gasteiger partial charge in [0, 0.05) is 12.5 Å². The molecule has 1 rings (SSSR count). The fraction of sp³-hybridized carbons (Fsp3) is 0.800. The van der Waals surface area contributed by atoms with Crippen LogP contribution in [0.15, 0.2) is 11.6 Å². The average Bonchev–Trinajstić information content (AvgIpc) is 1.83. The fourth-order valence-electron chi connectivity index (χ4n) is 2.17. The van der Waals surface area contributed by atoms with E-state index in [0.717, 1.165) is 6.42 Å². The van der Waals surface area contributed by atoms with Crippen LogP contribution >= 0.6 is 0 Å². The summed E-state index contributed by atoms with van der Waals surface area (Å²) in [5, 5.41) is 9.00. The maximum absolute atomic E-state index is 9.00. The molecule has 1 heteroatoms. The summed E-state index contributed by atoms with van der Waals surface area (Å²) in [6, 6.07) is 0. The maximum atomic E-state index is 9.00. The predicted octanol–water partition coefficient (Wildman–Crippen LogP) is 2.36. The highest BCUT2D eigenvalue weighted by Gasteiger charge is 2.26. The topological polar surface area (TPSA) is 20.2 Å². The van der Waals surface area contributed by atoms with Gasteiger partial charge in [-0.05, 0) is 25.2 Å². The maximum Gasteiger partial charge on any atom is 0.0494 e. The molecule has 0 amide bonds. The van der Waals surface area contributed by atoms with Crippen LogP contribution in [0.4, 0.5) is 0 Å². The lowest BCUT2D eigenvalue weighted by Gasteiger charge is -2.32. The molecule has 0 heterocycles. The highest BCUT2D eigenvalue weighted by molar-refractivity contribution is 5.09. The minimum absolute atomic E-state index is 0.306. The van der Waals surface area contributed by atoms with Gasteiger partial charge in [-0.2, -0.15) is 0 Å². The minimum atomic E-state index is 0.306. The second kappa shape index (κ2) is 2.98. The lowest BCUT2D eigenvalue weighted by atomic mass is 9.73. The van der Waals surface area contributed by atoms with Crippen LogP contribution < -0.4 is 0 Å². The first kappa shape index (κ1) is 8.79. The quantitative estimate of drug-likeness (QED) is 0.575. The summed E-state index contributed by atoms with van der Waals surface area (Å²) in [4.78, 5) is 0. The lowest BCUT2D eigenvalue weighted by Crippen LogP contribution is -2.23. The summed E-state index contributed by atoms with van der Waals surface area (Å²) in [6.07, 6.45) is 4.52. The Balaban J connectivity index is 2.68. The Kier molecular flexibility index (Phi) is 2.38. The molecule has 0 aromatic rings. The van der Waals surface area contributed by atoms with E-state index in [2.05, 4.69) is 26.8 Å². The van der Waals surface area contributed by atoms with Crippen LogP contribution in [0.2, 0.25) is 0 Å². The molecule has 0 aliphatic heterocycles. The van der Waals surface area contributed by atoms with Crippen molar-refractivity contribution in [1.82, 2.24) is 0 Å². The summed E-state index contributed by atoms with van der Waals surface area (Å²) in [5.74, 6) is 0.402. The van der Waals surface area contributed by atoms with Crippen molar-refractivity contribution in [3.63, 3.8) is 0 Å². The van der Waals surface area contributed by atoms with Gasteiger partial charge in [-0.3, -0.25) is 0 Å². The van der Waals surface area contributed by atoms with Crippen LogP contribution in [0.25, 0.3) is 0 Å². The zero-order valence-corrected chi connectivity index (χ0v) is 7.72. The van der Waals surface area contributed by atoms with E-state index >= 15 is 0 Å². The molecule has 1 N–H and O–H groups in total. The molecule has 0 aromatic carbocycles. The molecule has 64 valence electrons. The van der Waals surface area contributed by atoms with Crippen molar-refractivity contribution in [3.8, 4) is 0 Å². The third kappa shape index (κ3) is 2.33. The standard InChI is InChI=1S/C10H18O/c1-8-4-9(7-11)6-10(2,3)5-8/h4,9,11H,5-7H2,1-3H3. The van der Waals surface area contributed by atoms with Crippen LogP contribution in [-0.4, -0.2) is 11.7 Å². The van der Waals surface area contributed by atoms with Crippen molar-refractivity contribution in [3.05, 3.63) is 11.6 Å². The van der Waals surface area contributed by atoms with E-state index in [1.165, 1.54) is 12.0 Å². The van der Waals surface area contributed by atoms with Gasteiger partial charge in [0.1, 0.15) is 0 Å². The highest BCUT2D eigenvalue weighted by Crippen LogP contribution is 2.37. The van der Waals surface area contributed by atoms with Gasteiger partial charge >= 0.3 is 0 Å². The van der Waals surface area contributed by atoms with Crippen molar-refractivity contribution in [2.45, 2.75) is 33.6 Å². The Morgan fingerprint density at radius 3 is 2.73 bits per heavy atom. The number of hydrogen-bond donors (Lipinski definition) is 1. The van der Waals surface area contributed by atoms with Crippen molar-refractivity contribution >= 4 is 0 Å². The first-order valence-electron chi connectivity index (χ1n) is 4.32. The zero-order chi connectivity index (χ0) is 8.48. The van der Waals surface area contributed by atoms with Crippen LogP contribution in [0.3, 0.4) is 0 Å². The molecule has 1 atom stereocenters.